The minimum atomic E-state index is -0.637. The topological polar surface area (TPSA) is 70.7 Å². The summed E-state index contributed by atoms with van der Waals surface area (Å²) < 4.78 is 17.7. The van der Waals surface area contributed by atoms with Gasteiger partial charge in [-0.05, 0) is 44.9 Å². The molecular weight excluding hydrogens is 310 g/mol. The number of ether oxygens (including phenoxy) is 2. The molecule has 24 heavy (non-hydrogen) atoms. The first-order valence-corrected chi connectivity index (χ1v) is 8.08. The van der Waals surface area contributed by atoms with Crippen molar-refractivity contribution in [2.45, 2.75) is 39.3 Å². The second-order valence-corrected chi connectivity index (χ2v) is 6.01. The highest BCUT2D eigenvalue weighted by molar-refractivity contribution is 6.00. The molecule has 1 saturated heterocycles. The molecule has 0 unspecified atom stereocenters. The summed E-state index contributed by atoms with van der Waals surface area (Å²) in [6, 6.07) is 4.94. The number of aryl methyl sites for hydroxylation is 1. The van der Waals surface area contributed by atoms with Gasteiger partial charge in [0.05, 0.1) is 12.4 Å². The third-order valence-corrected chi connectivity index (χ3v) is 4.34. The maximum atomic E-state index is 12.4. The number of hydrogen-bond acceptors (Lipinski definition) is 5. The van der Waals surface area contributed by atoms with Crippen LogP contribution in [0.4, 0.5) is 0 Å². The number of aromatic nitrogens is 1. The fourth-order valence-corrected chi connectivity index (χ4v) is 3.03. The van der Waals surface area contributed by atoms with Gasteiger partial charge in [-0.25, -0.2) is 4.79 Å². The van der Waals surface area contributed by atoms with Gasteiger partial charge >= 0.3 is 5.97 Å². The third kappa shape index (κ3) is 3.43. The van der Waals surface area contributed by atoms with Crippen molar-refractivity contribution in [3.05, 3.63) is 47.2 Å². The number of carbonyl (C=O) groups is 2. The largest absolute Gasteiger partial charge is 0.457 e. The van der Waals surface area contributed by atoms with Crippen LogP contribution in [0.15, 0.2) is 28.9 Å². The molecule has 0 saturated carbocycles. The quantitative estimate of drug-likeness (QED) is 0.601. The molecule has 2 aromatic rings. The molecule has 2 aromatic heterocycles. The molecule has 0 radical (unpaired) electrons. The number of carbonyl (C=O) groups excluding carboxylic acids is 2. The second-order valence-electron chi connectivity index (χ2n) is 6.01. The van der Waals surface area contributed by atoms with Gasteiger partial charge in [0.2, 0.25) is 11.5 Å². The van der Waals surface area contributed by atoms with Gasteiger partial charge in [-0.1, -0.05) is 0 Å². The number of nitrogens with zero attached hydrogens (tertiary/aromatic N) is 1. The summed E-state index contributed by atoms with van der Waals surface area (Å²) in [6.07, 6.45) is 3.71. The van der Waals surface area contributed by atoms with E-state index in [1.807, 2.05) is 19.9 Å². The van der Waals surface area contributed by atoms with Crippen LogP contribution in [0.2, 0.25) is 0 Å². The Morgan fingerprint density at radius 2 is 2.21 bits per heavy atom. The number of furan rings is 1. The Balaban J connectivity index is 1.65. The van der Waals surface area contributed by atoms with Crippen molar-refractivity contribution in [3.63, 3.8) is 0 Å². The van der Waals surface area contributed by atoms with E-state index in [2.05, 4.69) is 4.57 Å². The van der Waals surface area contributed by atoms with Crippen LogP contribution in [0.5, 0.6) is 0 Å². The molecule has 0 bridgehead atoms. The third-order valence-electron chi connectivity index (χ3n) is 4.34. The molecule has 0 amide bonds. The van der Waals surface area contributed by atoms with E-state index >= 15 is 0 Å². The van der Waals surface area contributed by atoms with Crippen LogP contribution in [0.25, 0.3) is 0 Å². The minimum absolute atomic E-state index is 0.0895. The van der Waals surface area contributed by atoms with E-state index in [1.54, 1.807) is 6.07 Å². The number of ketones is 1. The van der Waals surface area contributed by atoms with Gasteiger partial charge in [0.1, 0.15) is 0 Å². The highest BCUT2D eigenvalue weighted by Gasteiger charge is 2.22. The zero-order valence-corrected chi connectivity index (χ0v) is 13.9. The van der Waals surface area contributed by atoms with Crippen LogP contribution in [-0.2, 0) is 16.0 Å². The Kier molecular flexibility index (Phi) is 4.85. The average Bonchev–Trinajstić information content (AvgIpc) is 3.30. The Morgan fingerprint density at radius 1 is 1.38 bits per heavy atom. The summed E-state index contributed by atoms with van der Waals surface area (Å²) in [6.45, 7) is 5.12. The molecule has 6 nitrogen and oxygen atoms in total. The molecule has 1 aliphatic rings. The van der Waals surface area contributed by atoms with Crippen LogP contribution < -0.4 is 0 Å². The van der Waals surface area contributed by atoms with Crippen molar-refractivity contribution in [2.24, 2.45) is 0 Å². The molecular formula is C18H21NO5. The highest BCUT2D eigenvalue weighted by Crippen LogP contribution is 2.20. The maximum absolute atomic E-state index is 12.4. The first kappa shape index (κ1) is 16.5. The summed E-state index contributed by atoms with van der Waals surface area (Å²) in [5.41, 5.74) is 2.46. The predicted molar refractivity (Wildman–Crippen MR) is 86.2 cm³/mol. The van der Waals surface area contributed by atoms with Gasteiger partial charge in [-0.15, -0.1) is 0 Å². The standard InChI is InChI=1S/C18H21NO5/c1-12-9-15(13(2)19(12)10-14-5-3-7-22-14)16(20)11-24-18(21)17-6-4-8-23-17/h4,6,8-9,14H,3,5,7,10-11H2,1-2H3/t14-/m1/s1. The lowest BCUT2D eigenvalue weighted by Crippen LogP contribution is -2.18. The summed E-state index contributed by atoms with van der Waals surface area (Å²) in [7, 11) is 0. The average molecular weight is 331 g/mol. The molecule has 3 heterocycles. The number of hydrogen-bond donors (Lipinski definition) is 0. The summed E-state index contributed by atoms with van der Waals surface area (Å²) >= 11 is 0. The zero-order valence-electron chi connectivity index (χ0n) is 13.9. The number of rotatable bonds is 6. The molecule has 1 atom stereocenters. The Bertz CT molecular complexity index is 723. The van der Waals surface area contributed by atoms with Crippen molar-refractivity contribution >= 4 is 11.8 Å². The summed E-state index contributed by atoms with van der Waals surface area (Å²) in [5.74, 6) is -0.769. The Hall–Kier alpha value is -2.34. The molecule has 0 aliphatic carbocycles. The van der Waals surface area contributed by atoms with Crippen LogP contribution in [0.1, 0.15) is 45.1 Å². The van der Waals surface area contributed by atoms with Gasteiger partial charge in [0, 0.05) is 30.1 Å². The molecule has 1 fully saturated rings. The van der Waals surface area contributed by atoms with Crippen LogP contribution in [0.3, 0.4) is 0 Å². The lowest BCUT2D eigenvalue weighted by Gasteiger charge is -2.14. The second kappa shape index (κ2) is 7.05. The van der Waals surface area contributed by atoms with Crippen LogP contribution in [0, 0.1) is 13.8 Å². The Morgan fingerprint density at radius 3 is 2.88 bits per heavy atom. The molecule has 0 aromatic carbocycles. The normalized spacial score (nSPS) is 17.2. The van der Waals surface area contributed by atoms with Crippen LogP contribution >= 0.6 is 0 Å². The lowest BCUT2D eigenvalue weighted by molar-refractivity contribution is 0.0443. The van der Waals surface area contributed by atoms with Crippen molar-refractivity contribution in [1.29, 1.82) is 0 Å². The van der Waals surface area contributed by atoms with Crippen LogP contribution in [-0.4, -0.2) is 35.6 Å². The predicted octanol–water partition coefficient (Wildman–Crippen LogP) is 2.92. The van der Waals surface area contributed by atoms with Gasteiger partial charge in [-0.3, -0.25) is 4.79 Å². The summed E-state index contributed by atoms with van der Waals surface area (Å²) in [5, 5.41) is 0. The lowest BCUT2D eigenvalue weighted by atomic mass is 10.1. The maximum Gasteiger partial charge on any atom is 0.374 e. The van der Waals surface area contributed by atoms with Crippen molar-refractivity contribution in [1.82, 2.24) is 4.57 Å². The Labute approximate surface area is 140 Å². The number of esters is 1. The monoisotopic (exact) mass is 331 g/mol. The first-order chi connectivity index (χ1) is 11.6. The highest BCUT2D eigenvalue weighted by atomic mass is 16.5. The van der Waals surface area contributed by atoms with Gasteiger partial charge in [0.15, 0.2) is 6.61 Å². The zero-order chi connectivity index (χ0) is 17.1. The van der Waals surface area contributed by atoms with E-state index in [0.29, 0.717) is 5.56 Å². The molecule has 3 rings (SSSR count). The molecule has 0 spiro atoms. The van der Waals surface area contributed by atoms with E-state index in [-0.39, 0.29) is 24.3 Å². The number of Topliss-reactive ketones (excluding diaryl/α,β-unsaturated/α-hetero) is 1. The SMILES string of the molecule is Cc1cc(C(=O)COC(=O)c2ccco2)c(C)n1C[C@H]1CCCO1. The summed E-state index contributed by atoms with van der Waals surface area (Å²) in [4.78, 5) is 24.1. The van der Waals surface area contributed by atoms with Crippen molar-refractivity contribution in [3.8, 4) is 0 Å². The minimum Gasteiger partial charge on any atom is -0.457 e. The van der Waals surface area contributed by atoms with E-state index in [9.17, 15) is 9.59 Å². The van der Waals surface area contributed by atoms with E-state index < -0.39 is 5.97 Å². The van der Waals surface area contributed by atoms with E-state index in [4.69, 9.17) is 13.9 Å². The molecule has 0 N–H and O–H groups in total. The van der Waals surface area contributed by atoms with Crippen molar-refractivity contribution < 1.29 is 23.5 Å². The first-order valence-electron chi connectivity index (χ1n) is 8.08. The van der Waals surface area contributed by atoms with E-state index in [0.717, 1.165) is 37.4 Å². The van der Waals surface area contributed by atoms with Gasteiger partial charge < -0.3 is 18.5 Å². The molecule has 1 aliphatic heterocycles. The van der Waals surface area contributed by atoms with Gasteiger partial charge in [0.25, 0.3) is 0 Å². The van der Waals surface area contributed by atoms with Crippen molar-refractivity contribution in [2.75, 3.05) is 13.2 Å². The fourth-order valence-electron chi connectivity index (χ4n) is 3.03. The van der Waals surface area contributed by atoms with Gasteiger partial charge in [-0.2, -0.15) is 0 Å². The molecule has 128 valence electrons. The van der Waals surface area contributed by atoms with E-state index in [1.165, 1.54) is 12.3 Å². The smallest absolute Gasteiger partial charge is 0.374 e. The fraction of sp³-hybridized carbons (Fsp3) is 0.444. The molecule has 6 heteroatoms.